The number of halogens is 1. The van der Waals surface area contributed by atoms with Crippen LogP contribution >= 0.6 is 12.6 Å². The van der Waals surface area contributed by atoms with Crippen molar-refractivity contribution in [1.29, 1.82) is 0 Å². The molecule has 1 heterocycles. The van der Waals surface area contributed by atoms with Crippen molar-refractivity contribution in [2.45, 2.75) is 39.5 Å². The highest BCUT2D eigenvalue weighted by Crippen LogP contribution is 2.35. The third-order valence-corrected chi connectivity index (χ3v) is 5.25. The van der Waals surface area contributed by atoms with Crippen molar-refractivity contribution in [3.05, 3.63) is 29.6 Å². The van der Waals surface area contributed by atoms with E-state index < -0.39 is 0 Å². The van der Waals surface area contributed by atoms with Crippen LogP contribution < -0.4 is 4.90 Å². The van der Waals surface area contributed by atoms with Crippen LogP contribution in [0.15, 0.2) is 18.2 Å². The summed E-state index contributed by atoms with van der Waals surface area (Å²) in [7, 11) is 0. The van der Waals surface area contributed by atoms with Crippen molar-refractivity contribution in [3.8, 4) is 0 Å². The summed E-state index contributed by atoms with van der Waals surface area (Å²) < 4.78 is 13.5. The van der Waals surface area contributed by atoms with Crippen molar-refractivity contribution >= 4 is 24.2 Å². The highest BCUT2D eigenvalue weighted by molar-refractivity contribution is 7.80. The Bertz CT molecular complexity index is 491. The van der Waals surface area contributed by atoms with Crippen molar-refractivity contribution in [3.63, 3.8) is 0 Å². The smallest absolute Gasteiger partial charge is 0.227 e. The van der Waals surface area contributed by atoms with Gasteiger partial charge in [0.15, 0.2) is 0 Å². The monoisotopic (exact) mass is 295 g/mol. The lowest BCUT2D eigenvalue weighted by Crippen LogP contribution is -2.44. The van der Waals surface area contributed by atoms with E-state index in [1.165, 1.54) is 12.1 Å². The number of carbonyl (C=O) groups is 1. The molecule has 1 amide bonds. The number of benzene rings is 1. The summed E-state index contributed by atoms with van der Waals surface area (Å²) in [6.45, 7) is 4.88. The summed E-state index contributed by atoms with van der Waals surface area (Å²) in [5, 5.41) is 0. The van der Waals surface area contributed by atoms with Gasteiger partial charge in [0, 0.05) is 18.7 Å². The van der Waals surface area contributed by atoms with E-state index in [0.29, 0.717) is 19.4 Å². The van der Waals surface area contributed by atoms with Gasteiger partial charge >= 0.3 is 0 Å². The van der Waals surface area contributed by atoms with Gasteiger partial charge < -0.3 is 4.90 Å². The number of nitrogens with zero attached hydrogens (tertiary/aromatic N) is 1. The highest BCUT2D eigenvalue weighted by Gasteiger charge is 2.33. The molecule has 2 rings (SSSR count). The summed E-state index contributed by atoms with van der Waals surface area (Å²) in [5.41, 5.74) is 1.81. The topological polar surface area (TPSA) is 20.3 Å². The Morgan fingerprint density at radius 3 is 2.60 bits per heavy atom. The van der Waals surface area contributed by atoms with Crippen LogP contribution in [0.1, 0.15) is 38.7 Å². The number of amides is 1. The van der Waals surface area contributed by atoms with Gasteiger partial charge in [-0.25, -0.2) is 4.39 Å². The summed E-state index contributed by atoms with van der Waals surface area (Å²) in [4.78, 5) is 14.0. The van der Waals surface area contributed by atoms with Crippen molar-refractivity contribution in [2.75, 3.05) is 17.2 Å². The van der Waals surface area contributed by atoms with Gasteiger partial charge in [-0.2, -0.15) is 12.6 Å². The zero-order chi connectivity index (χ0) is 14.8. The van der Waals surface area contributed by atoms with Crippen molar-refractivity contribution in [2.24, 2.45) is 5.41 Å². The fourth-order valence-electron chi connectivity index (χ4n) is 2.77. The Morgan fingerprint density at radius 1 is 1.30 bits per heavy atom. The Kier molecular flexibility index (Phi) is 4.74. The minimum atomic E-state index is -0.284. The van der Waals surface area contributed by atoms with Crippen molar-refractivity contribution < 1.29 is 9.18 Å². The number of thiol groups is 1. The van der Waals surface area contributed by atoms with Crippen LogP contribution in [0.5, 0.6) is 0 Å². The van der Waals surface area contributed by atoms with E-state index in [1.807, 2.05) is 0 Å². The summed E-state index contributed by atoms with van der Waals surface area (Å²) in [6.07, 6.45) is 3.13. The molecule has 0 atom stereocenters. The number of hydrogen-bond donors (Lipinski definition) is 1. The lowest BCUT2D eigenvalue weighted by molar-refractivity contribution is -0.119. The van der Waals surface area contributed by atoms with E-state index in [4.69, 9.17) is 0 Å². The first-order valence-electron chi connectivity index (χ1n) is 7.25. The molecule has 0 aromatic heterocycles. The lowest BCUT2D eigenvalue weighted by Gasteiger charge is -2.38. The van der Waals surface area contributed by atoms with Crippen LogP contribution in [0.25, 0.3) is 0 Å². The standard InChI is InChI=1S/C16H22FNOS/c1-3-16(4-2,11-20)10-18-14-9-13(17)7-5-12(14)6-8-15(18)19/h5,7,9,20H,3-4,6,8,10-11H2,1-2H3. The average Bonchev–Trinajstić information content (AvgIpc) is 2.47. The fourth-order valence-corrected chi connectivity index (χ4v) is 3.31. The molecule has 0 unspecified atom stereocenters. The maximum Gasteiger partial charge on any atom is 0.227 e. The third-order valence-electron chi connectivity index (χ3n) is 4.58. The second kappa shape index (κ2) is 6.17. The van der Waals surface area contributed by atoms with Crippen LogP contribution in [0, 0.1) is 11.2 Å². The minimum Gasteiger partial charge on any atom is -0.311 e. The summed E-state index contributed by atoms with van der Waals surface area (Å²) in [6, 6.07) is 4.75. The van der Waals surface area contributed by atoms with Gasteiger partial charge in [0.2, 0.25) is 5.91 Å². The molecule has 0 aliphatic carbocycles. The number of hydrogen-bond acceptors (Lipinski definition) is 2. The van der Waals surface area contributed by atoms with Crippen LogP contribution in [0.3, 0.4) is 0 Å². The Labute approximate surface area is 125 Å². The van der Waals surface area contributed by atoms with E-state index >= 15 is 0 Å². The second-order valence-electron chi connectivity index (χ2n) is 5.62. The molecule has 0 saturated heterocycles. The molecule has 0 bridgehead atoms. The number of aryl methyl sites for hydroxylation is 1. The number of fused-ring (bicyclic) bond motifs is 1. The summed E-state index contributed by atoms with van der Waals surface area (Å²) >= 11 is 4.47. The van der Waals surface area contributed by atoms with E-state index in [0.717, 1.165) is 29.8 Å². The number of rotatable bonds is 5. The Morgan fingerprint density at radius 2 is 2.00 bits per heavy atom. The first-order chi connectivity index (χ1) is 9.55. The van der Waals surface area contributed by atoms with Gasteiger partial charge in [-0.3, -0.25) is 4.79 Å². The lowest BCUT2D eigenvalue weighted by atomic mass is 9.83. The predicted molar refractivity (Wildman–Crippen MR) is 83.9 cm³/mol. The summed E-state index contributed by atoms with van der Waals surface area (Å²) in [5.74, 6) is 0.540. The molecule has 4 heteroatoms. The molecule has 2 nitrogen and oxygen atoms in total. The zero-order valence-electron chi connectivity index (χ0n) is 12.2. The van der Waals surface area contributed by atoms with E-state index in [1.54, 1.807) is 11.0 Å². The van der Waals surface area contributed by atoms with Gasteiger partial charge in [0.25, 0.3) is 0 Å². The number of carbonyl (C=O) groups excluding carboxylic acids is 1. The molecule has 0 spiro atoms. The molecule has 1 aliphatic heterocycles. The van der Waals surface area contributed by atoms with E-state index in [-0.39, 0.29) is 17.1 Å². The largest absolute Gasteiger partial charge is 0.311 e. The van der Waals surface area contributed by atoms with E-state index in [2.05, 4.69) is 26.5 Å². The maximum atomic E-state index is 13.5. The minimum absolute atomic E-state index is 0.000299. The molecule has 20 heavy (non-hydrogen) atoms. The normalized spacial score (nSPS) is 15.4. The van der Waals surface area contributed by atoms with Crippen LogP contribution in [0.4, 0.5) is 10.1 Å². The molecular weight excluding hydrogens is 273 g/mol. The molecule has 0 radical (unpaired) electrons. The first-order valence-corrected chi connectivity index (χ1v) is 7.88. The molecule has 0 N–H and O–H groups in total. The SMILES string of the molecule is CCC(CC)(CS)CN1C(=O)CCc2ccc(F)cc21. The third kappa shape index (κ3) is 2.85. The molecule has 1 aromatic carbocycles. The maximum absolute atomic E-state index is 13.5. The van der Waals surface area contributed by atoms with Crippen LogP contribution in [-0.2, 0) is 11.2 Å². The fraction of sp³-hybridized carbons (Fsp3) is 0.562. The second-order valence-corrected chi connectivity index (χ2v) is 5.93. The van der Waals surface area contributed by atoms with Crippen LogP contribution in [0.2, 0.25) is 0 Å². The molecule has 1 aliphatic rings. The first kappa shape index (κ1) is 15.4. The van der Waals surface area contributed by atoms with Crippen LogP contribution in [-0.4, -0.2) is 18.2 Å². The zero-order valence-corrected chi connectivity index (χ0v) is 13.0. The Balaban J connectivity index is 2.36. The molecule has 0 fully saturated rings. The number of anilines is 1. The molecular formula is C16H22FNOS. The molecule has 110 valence electrons. The quantitative estimate of drug-likeness (QED) is 0.818. The van der Waals surface area contributed by atoms with Gasteiger partial charge in [-0.15, -0.1) is 0 Å². The van der Waals surface area contributed by atoms with Gasteiger partial charge in [-0.05, 0) is 48.1 Å². The molecule has 1 aromatic rings. The average molecular weight is 295 g/mol. The highest BCUT2D eigenvalue weighted by atomic mass is 32.1. The van der Waals surface area contributed by atoms with Crippen molar-refractivity contribution in [1.82, 2.24) is 0 Å². The molecule has 0 saturated carbocycles. The predicted octanol–water partition coefficient (Wildman–Crippen LogP) is 3.84. The van der Waals surface area contributed by atoms with Gasteiger partial charge in [0.1, 0.15) is 5.82 Å². The van der Waals surface area contributed by atoms with E-state index in [9.17, 15) is 9.18 Å². The van der Waals surface area contributed by atoms with Gasteiger partial charge in [0.05, 0.1) is 0 Å². The Hall–Kier alpha value is -1.03. The van der Waals surface area contributed by atoms with Gasteiger partial charge in [-0.1, -0.05) is 19.9 Å².